The van der Waals surface area contributed by atoms with Gasteiger partial charge in [0, 0.05) is 13.6 Å². The zero-order chi connectivity index (χ0) is 15.9. The molecule has 0 heterocycles. The molecule has 0 fully saturated rings. The normalized spacial score (nSPS) is 11.8. The topological polar surface area (TPSA) is 49.8 Å². The Bertz CT molecular complexity index is 595. The first-order valence-electron chi connectivity index (χ1n) is 7.35. The molecule has 0 aliphatic carbocycles. The van der Waals surface area contributed by atoms with Gasteiger partial charge in [-0.3, -0.25) is 4.79 Å². The maximum Gasteiger partial charge on any atom is 0.251 e. The summed E-state index contributed by atoms with van der Waals surface area (Å²) in [5.74, 6) is 1.28. The van der Waals surface area contributed by atoms with Crippen LogP contribution in [0.3, 0.4) is 0 Å². The second-order valence-electron chi connectivity index (χ2n) is 5.18. The molecule has 0 radical (unpaired) electrons. The Labute approximate surface area is 131 Å². The molecule has 4 nitrogen and oxygen atoms in total. The summed E-state index contributed by atoms with van der Waals surface area (Å²) in [4.78, 5) is 13.4. The highest BCUT2D eigenvalue weighted by atomic mass is 16.5. The van der Waals surface area contributed by atoms with E-state index in [2.05, 4.69) is 0 Å². The Morgan fingerprint density at radius 3 is 2.27 bits per heavy atom. The van der Waals surface area contributed by atoms with E-state index < -0.39 is 6.10 Å². The largest absolute Gasteiger partial charge is 0.457 e. The van der Waals surface area contributed by atoms with E-state index in [9.17, 15) is 9.90 Å². The molecule has 0 saturated carbocycles. The molecule has 2 aromatic carbocycles. The van der Waals surface area contributed by atoms with Gasteiger partial charge in [0.15, 0.2) is 0 Å². The van der Waals surface area contributed by atoms with Crippen LogP contribution < -0.4 is 4.74 Å². The van der Waals surface area contributed by atoms with Crippen molar-refractivity contribution in [2.75, 3.05) is 7.05 Å². The smallest absolute Gasteiger partial charge is 0.251 e. The second-order valence-corrected chi connectivity index (χ2v) is 5.18. The zero-order valence-corrected chi connectivity index (χ0v) is 12.9. The number of carbonyl (C=O) groups excluding carboxylic acids is 1. The quantitative estimate of drug-likeness (QED) is 0.891. The van der Waals surface area contributed by atoms with Crippen LogP contribution in [0.4, 0.5) is 0 Å². The number of hydrogen-bond acceptors (Lipinski definition) is 3. The minimum absolute atomic E-state index is 0.257. The van der Waals surface area contributed by atoms with Crippen LogP contribution in [-0.2, 0) is 11.3 Å². The lowest BCUT2D eigenvalue weighted by Crippen LogP contribution is -2.35. The molecule has 0 aromatic heterocycles. The van der Waals surface area contributed by atoms with Crippen LogP contribution in [0.1, 0.15) is 18.9 Å². The predicted octanol–water partition coefficient (Wildman–Crippen LogP) is 3.21. The number of para-hydroxylation sites is 1. The molecule has 1 unspecified atom stereocenters. The van der Waals surface area contributed by atoms with Crippen LogP contribution >= 0.6 is 0 Å². The van der Waals surface area contributed by atoms with Gasteiger partial charge in [-0.1, -0.05) is 37.3 Å². The third-order valence-corrected chi connectivity index (χ3v) is 3.37. The molecule has 1 amide bonds. The van der Waals surface area contributed by atoms with Gasteiger partial charge >= 0.3 is 0 Å². The van der Waals surface area contributed by atoms with Gasteiger partial charge in [0.25, 0.3) is 5.91 Å². The number of ether oxygens (including phenoxy) is 1. The molecule has 2 aromatic rings. The lowest BCUT2D eigenvalue weighted by atomic mass is 10.2. The maximum absolute atomic E-state index is 11.8. The summed E-state index contributed by atoms with van der Waals surface area (Å²) in [6.45, 7) is 2.24. The molecule has 4 heteroatoms. The Balaban J connectivity index is 1.96. The third kappa shape index (κ3) is 4.33. The third-order valence-electron chi connectivity index (χ3n) is 3.37. The van der Waals surface area contributed by atoms with Crippen LogP contribution in [0.5, 0.6) is 11.5 Å². The van der Waals surface area contributed by atoms with Crippen molar-refractivity contribution < 1.29 is 14.6 Å². The molecule has 0 aliphatic heterocycles. The summed E-state index contributed by atoms with van der Waals surface area (Å²) in [6.07, 6.45) is -0.502. The molecule has 0 saturated heterocycles. The Morgan fingerprint density at radius 2 is 1.68 bits per heavy atom. The summed E-state index contributed by atoms with van der Waals surface area (Å²) in [6, 6.07) is 17.1. The minimum atomic E-state index is -0.925. The average molecular weight is 299 g/mol. The summed E-state index contributed by atoms with van der Waals surface area (Å²) in [5.41, 5.74) is 0.986. The minimum Gasteiger partial charge on any atom is -0.457 e. The lowest BCUT2D eigenvalue weighted by molar-refractivity contribution is -0.139. The lowest BCUT2D eigenvalue weighted by Gasteiger charge is -2.20. The first-order valence-corrected chi connectivity index (χ1v) is 7.35. The summed E-state index contributed by atoms with van der Waals surface area (Å²) in [5, 5.41) is 9.57. The number of aliphatic hydroxyl groups excluding tert-OH is 1. The number of aliphatic hydroxyl groups is 1. The Morgan fingerprint density at radius 1 is 1.09 bits per heavy atom. The molecular formula is C18H21NO3. The van der Waals surface area contributed by atoms with E-state index in [-0.39, 0.29) is 5.91 Å². The highest BCUT2D eigenvalue weighted by Crippen LogP contribution is 2.21. The van der Waals surface area contributed by atoms with Gasteiger partial charge in [0.05, 0.1) is 0 Å². The molecule has 0 aliphatic rings. The summed E-state index contributed by atoms with van der Waals surface area (Å²) < 4.78 is 5.72. The molecule has 116 valence electrons. The molecule has 22 heavy (non-hydrogen) atoms. The number of amides is 1. The Hall–Kier alpha value is -2.33. The predicted molar refractivity (Wildman–Crippen MR) is 85.7 cm³/mol. The van der Waals surface area contributed by atoms with Gasteiger partial charge in [0.1, 0.15) is 17.6 Å². The molecule has 0 bridgehead atoms. The molecule has 1 N–H and O–H groups in total. The van der Waals surface area contributed by atoms with E-state index in [1.54, 1.807) is 14.0 Å². The first-order chi connectivity index (χ1) is 10.6. The van der Waals surface area contributed by atoms with Crippen molar-refractivity contribution in [3.8, 4) is 11.5 Å². The van der Waals surface area contributed by atoms with Gasteiger partial charge in [-0.15, -0.1) is 0 Å². The fraction of sp³-hybridized carbons (Fsp3) is 0.278. The van der Waals surface area contributed by atoms with Gasteiger partial charge < -0.3 is 14.7 Å². The fourth-order valence-corrected chi connectivity index (χ4v) is 2.07. The second kappa shape index (κ2) is 7.61. The van der Waals surface area contributed by atoms with Crippen LogP contribution in [-0.4, -0.2) is 29.1 Å². The highest BCUT2D eigenvalue weighted by Gasteiger charge is 2.17. The van der Waals surface area contributed by atoms with Crippen molar-refractivity contribution in [1.82, 2.24) is 4.90 Å². The van der Waals surface area contributed by atoms with Crippen LogP contribution in [0, 0.1) is 0 Å². The highest BCUT2D eigenvalue weighted by molar-refractivity contribution is 5.80. The SMILES string of the molecule is CCC(O)C(=O)N(C)Cc1ccc(Oc2ccccc2)cc1. The maximum atomic E-state index is 11.8. The average Bonchev–Trinajstić information content (AvgIpc) is 2.56. The monoisotopic (exact) mass is 299 g/mol. The van der Waals surface area contributed by atoms with Gasteiger partial charge in [0.2, 0.25) is 0 Å². The van der Waals surface area contributed by atoms with Crippen molar-refractivity contribution >= 4 is 5.91 Å². The number of carbonyl (C=O) groups is 1. The van der Waals surface area contributed by atoms with E-state index in [1.165, 1.54) is 4.90 Å². The van der Waals surface area contributed by atoms with Crippen LogP contribution in [0.15, 0.2) is 54.6 Å². The molecule has 2 rings (SSSR count). The summed E-state index contributed by atoms with van der Waals surface area (Å²) >= 11 is 0. The zero-order valence-electron chi connectivity index (χ0n) is 12.9. The van der Waals surface area contributed by atoms with Crippen molar-refractivity contribution in [2.45, 2.75) is 26.0 Å². The van der Waals surface area contributed by atoms with Crippen molar-refractivity contribution in [2.24, 2.45) is 0 Å². The van der Waals surface area contributed by atoms with Gasteiger partial charge in [-0.25, -0.2) is 0 Å². The van der Waals surface area contributed by atoms with Crippen molar-refractivity contribution in [3.63, 3.8) is 0 Å². The van der Waals surface area contributed by atoms with Gasteiger partial charge in [-0.05, 0) is 36.2 Å². The standard InChI is InChI=1S/C18H21NO3/c1-3-17(20)18(21)19(2)13-14-9-11-16(12-10-14)22-15-7-5-4-6-8-15/h4-12,17,20H,3,13H2,1-2H3. The van der Waals surface area contributed by atoms with Gasteiger partial charge in [-0.2, -0.15) is 0 Å². The molecular weight excluding hydrogens is 278 g/mol. The van der Waals surface area contributed by atoms with Crippen LogP contribution in [0.25, 0.3) is 0 Å². The van der Waals surface area contributed by atoms with Crippen LogP contribution in [0.2, 0.25) is 0 Å². The van der Waals surface area contributed by atoms with Crippen molar-refractivity contribution in [3.05, 3.63) is 60.2 Å². The van der Waals surface area contributed by atoms with E-state index >= 15 is 0 Å². The van der Waals surface area contributed by atoms with E-state index in [4.69, 9.17) is 4.74 Å². The fourth-order valence-electron chi connectivity index (χ4n) is 2.07. The van der Waals surface area contributed by atoms with E-state index in [0.29, 0.717) is 13.0 Å². The van der Waals surface area contributed by atoms with E-state index in [1.807, 2.05) is 54.6 Å². The van der Waals surface area contributed by atoms with E-state index in [0.717, 1.165) is 17.1 Å². The molecule has 0 spiro atoms. The number of nitrogens with zero attached hydrogens (tertiary/aromatic N) is 1. The first kappa shape index (κ1) is 16.0. The Kier molecular flexibility index (Phi) is 5.55. The number of benzene rings is 2. The molecule has 1 atom stereocenters. The summed E-state index contributed by atoms with van der Waals surface area (Å²) in [7, 11) is 1.69. The number of rotatable bonds is 6. The van der Waals surface area contributed by atoms with Crippen molar-refractivity contribution in [1.29, 1.82) is 0 Å². The number of hydrogen-bond donors (Lipinski definition) is 1. The number of likely N-dealkylation sites (N-methyl/N-ethyl adjacent to an activating group) is 1.